The van der Waals surface area contributed by atoms with Crippen LogP contribution in [0.1, 0.15) is 12.0 Å². The fraction of sp³-hybridized carbons (Fsp3) is 0.500. The largest absolute Gasteiger partial charge is 0.486 e. The standard InChI is InChI=1S/C12H16O3/c1-13-6-2-3-10-4-5-11-12(9-10)15-8-7-14-11/h4-5,9H,2-3,6-8H2,1H3. The van der Waals surface area contributed by atoms with Gasteiger partial charge >= 0.3 is 0 Å². The quantitative estimate of drug-likeness (QED) is 0.709. The molecule has 0 bridgehead atoms. The zero-order valence-electron chi connectivity index (χ0n) is 8.99. The number of hydrogen-bond donors (Lipinski definition) is 0. The third kappa shape index (κ3) is 2.63. The van der Waals surface area contributed by atoms with Crippen LogP contribution in [0.25, 0.3) is 0 Å². The maximum Gasteiger partial charge on any atom is 0.161 e. The first-order chi connectivity index (χ1) is 7.40. The van der Waals surface area contributed by atoms with E-state index in [1.807, 2.05) is 6.07 Å². The Balaban J connectivity index is 2.00. The molecule has 1 aliphatic rings. The number of hydrogen-bond acceptors (Lipinski definition) is 3. The van der Waals surface area contributed by atoms with Crippen molar-refractivity contribution in [2.24, 2.45) is 0 Å². The lowest BCUT2D eigenvalue weighted by molar-refractivity contribution is 0.171. The van der Waals surface area contributed by atoms with Gasteiger partial charge in [-0.1, -0.05) is 6.07 Å². The highest BCUT2D eigenvalue weighted by atomic mass is 16.6. The first-order valence-corrected chi connectivity index (χ1v) is 5.27. The summed E-state index contributed by atoms with van der Waals surface area (Å²) in [6.45, 7) is 2.10. The third-order valence-corrected chi connectivity index (χ3v) is 2.42. The second kappa shape index (κ2) is 5.03. The van der Waals surface area contributed by atoms with Gasteiger partial charge in [0.2, 0.25) is 0 Å². The number of methoxy groups -OCH3 is 1. The van der Waals surface area contributed by atoms with Crippen LogP contribution >= 0.6 is 0 Å². The molecule has 0 radical (unpaired) electrons. The molecule has 1 heterocycles. The Kier molecular flexibility index (Phi) is 3.45. The molecule has 1 aromatic rings. The molecule has 3 heteroatoms. The monoisotopic (exact) mass is 208 g/mol. The van der Waals surface area contributed by atoms with Crippen molar-refractivity contribution in [2.75, 3.05) is 26.9 Å². The Bertz CT molecular complexity index is 323. The van der Waals surface area contributed by atoms with Crippen LogP contribution < -0.4 is 9.47 Å². The van der Waals surface area contributed by atoms with Gasteiger partial charge in [-0.25, -0.2) is 0 Å². The van der Waals surface area contributed by atoms with E-state index >= 15 is 0 Å². The molecular weight excluding hydrogens is 192 g/mol. The highest BCUT2D eigenvalue weighted by Gasteiger charge is 2.11. The lowest BCUT2D eigenvalue weighted by Gasteiger charge is -2.18. The first kappa shape index (κ1) is 10.3. The lowest BCUT2D eigenvalue weighted by atomic mass is 10.1. The minimum atomic E-state index is 0.647. The molecular formula is C12H16O3. The van der Waals surface area contributed by atoms with Gasteiger partial charge in [-0.05, 0) is 30.5 Å². The van der Waals surface area contributed by atoms with Crippen molar-refractivity contribution < 1.29 is 14.2 Å². The molecule has 0 unspecified atom stereocenters. The molecule has 0 saturated heterocycles. The van der Waals surface area contributed by atoms with E-state index in [9.17, 15) is 0 Å². The number of rotatable bonds is 4. The summed E-state index contributed by atoms with van der Waals surface area (Å²) in [5, 5.41) is 0. The van der Waals surface area contributed by atoms with Crippen molar-refractivity contribution >= 4 is 0 Å². The topological polar surface area (TPSA) is 27.7 Å². The van der Waals surface area contributed by atoms with E-state index in [4.69, 9.17) is 14.2 Å². The van der Waals surface area contributed by atoms with Gasteiger partial charge < -0.3 is 14.2 Å². The molecule has 0 fully saturated rings. The van der Waals surface area contributed by atoms with Crippen molar-refractivity contribution in [3.8, 4) is 11.5 Å². The second-order valence-electron chi connectivity index (χ2n) is 3.57. The van der Waals surface area contributed by atoms with Crippen LogP contribution in [0.2, 0.25) is 0 Å². The average Bonchev–Trinajstić information content (AvgIpc) is 2.29. The Morgan fingerprint density at radius 1 is 1.20 bits per heavy atom. The summed E-state index contributed by atoms with van der Waals surface area (Å²) in [5.74, 6) is 1.73. The molecule has 1 aromatic carbocycles. The zero-order valence-corrected chi connectivity index (χ0v) is 8.99. The van der Waals surface area contributed by atoms with E-state index in [1.165, 1.54) is 5.56 Å². The van der Waals surface area contributed by atoms with Crippen molar-refractivity contribution in [1.82, 2.24) is 0 Å². The highest BCUT2D eigenvalue weighted by Crippen LogP contribution is 2.30. The minimum Gasteiger partial charge on any atom is -0.486 e. The Morgan fingerprint density at radius 2 is 2.00 bits per heavy atom. The summed E-state index contributed by atoms with van der Waals surface area (Å²) in [6, 6.07) is 6.13. The van der Waals surface area contributed by atoms with E-state index in [0.29, 0.717) is 13.2 Å². The van der Waals surface area contributed by atoms with E-state index in [2.05, 4.69) is 12.1 Å². The van der Waals surface area contributed by atoms with Gasteiger partial charge in [0.15, 0.2) is 11.5 Å². The summed E-state index contributed by atoms with van der Waals surface area (Å²) in [6.07, 6.45) is 2.06. The van der Waals surface area contributed by atoms with E-state index in [1.54, 1.807) is 7.11 Å². The molecule has 0 spiro atoms. The van der Waals surface area contributed by atoms with Gasteiger partial charge in [-0.2, -0.15) is 0 Å². The molecule has 82 valence electrons. The third-order valence-electron chi connectivity index (χ3n) is 2.42. The Labute approximate surface area is 90.0 Å². The van der Waals surface area contributed by atoms with Crippen molar-refractivity contribution in [1.29, 1.82) is 0 Å². The molecule has 0 aromatic heterocycles. The molecule has 0 saturated carbocycles. The number of fused-ring (bicyclic) bond motifs is 1. The normalized spacial score (nSPS) is 13.9. The molecule has 0 N–H and O–H groups in total. The fourth-order valence-electron chi connectivity index (χ4n) is 1.66. The second-order valence-corrected chi connectivity index (χ2v) is 3.57. The van der Waals surface area contributed by atoms with Crippen LogP contribution in [0.5, 0.6) is 11.5 Å². The van der Waals surface area contributed by atoms with E-state index < -0.39 is 0 Å². The molecule has 0 amide bonds. The summed E-state index contributed by atoms with van der Waals surface area (Å²) in [5.41, 5.74) is 1.27. The molecule has 2 rings (SSSR count). The van der Waals surface area contributed by atoms with Crippen LogP contribution in [0, 0.1) is 0 Å². The number of aryl methyl sites for hydroxylation is 1. The maximum atomic E-state index is 5.51. The Hall–Kier alpha value is -1.22. The van der Waals surface area contributed by atoms with Crippen molar-refractivity contribution in [2.45, 2.75) is 12.8 Å². The lowest BCUT2D eigenvalue weighted by Crippen LogP contribution is -2.15. The molecule has 15 heavy (non-hydrogen) atoms. The summed E-state index contributed by atoms with van der Waals surface area (Å²) in [7, 11) is 1.73. The highest BCUT2D eigenvalue weighted by molar-refractivity contribution is 5.43. The SMILES string of the molecule is COCCCc1ccc2c(c1)OCCO2. The van der Waals surface area contributed by atoms with Crippen LogP contribution in [0.4, 0.5) is 0 Å². The zero-order chi connectivity index (χ0) is 10.5. The first-order valence-electron chi connectivity index (χ1n) is 5.27. The van der Waals surface area contributed by atoms with E-state index in [0.717, 1.165) is 30.9 Å². The summed E-state index contributed by atoms with van der Waals surface area (Å²) >= 11 is 0. The van der Waals surface area contributed by atoms with Crippen LogP contribution in [0.15, 0.2) is 18.2 Å². The predicted molar refractivity (Wildman–Crippen MR) is 57.6 cm³/mol. The van der Waals surface area contributed by atoms with Gasteiger partial charge in [0.25, 0.3) is 0 Å². The molecule has 0 aliphatic carbocycles. The van der Waals surface area contributed by atoms with Gasteiger partial charge in [0, 0.05) is 13.7 Å². The van der Waals surface area contributed by atoms with Gasteiger partial charge in [0.1, 0.15) is 13.2 Å². The van der Waals surface area contributed by atoms with Crippen LogP contribution in [0.3, 0.4) is 0 Å². The molecule has 1 aliphatic heterocycles. The van der Waals surface area contributed by atoms with Crippen LogP contribution in [-0.4, -0.2) is 26.9 Å². The maximum absolute atomic E-state index is 5.51. The average molecular weight is 208 g/mol. The van der Waals surface area contributed by atoms with Gasteiger partial charge in [-0.3, -0.25) is 0 Å². The smallest absolute Gasteiger partial charge is 0.161 e. The van der Waals surface area contributed by atoms with Crippen LogP contribution in [-0.2, 0) is 11.2 Å². The molecule has 3 nitrogen and oxygen atoms in total. The van der Waals surface area contributed by atoms with Crippen molar-refractivity contribution in [3.05, 3.63) is 23.8 Å². The number of ether oxygens (including phenoxy) is 3. The summed E-state index contributed by atoms with van der Waals surface area (Å²) in [4.78, 5) is 0. The van der Waals surface area contributed by atoms with Gasteiger partial charge in [-0.15, -0.1) is 0 Å². The van der Waals surface area contributed by atoms with E-state index in [-0.39, 0.29) is 0 Å². The van der Waals surface area contributed by atoms with Crippen molar-refractivity contribution in [3.63, 3.8) is 0 Å². The minimum absolute atomic E-state index is 0.647. The summed E-state index contributed by atoms with van der Waals surface area (Å²) < 4.78 is 16.0. The Morgan fingerprint density at radius 3 is 2.80 bits per heavy atom. The van der Waals surface area contributed by atoms with Gasteiger partial charge in [0.05, 0.1) is 0 Å². The fourth-order valence-corrected chi connectivity index (χ4v) is 1.66. The molecule has 0 atom stereocenters. The predicted octanol–water partition coefficient (Wildman–Crippen LogP) is 2.04. The number of benzene rings is 1.